The Balaban J connectivity index is 1.88. The van der Waals surface area contributed by atoms with Gasteiger partial charge in [0.2, 0.25) is 11.8 Å². The Morgan fingerprint density at radius 2 is 1.92 bits per heavy atom. The SMILES string of the molecule is COc1ncc(-c2cnc(Nc3ccc(F)c(Cl)c3)nc2-n2nc(C(F)(F)F)cc2C)cc1C(=O)NSC. The molecule has 0 saturated heterocycles. The van der Waals surface area contributed by atoms with Crippen LogP contribution in [-0.4, -0.2) is 44.0 Å². The molecule has 0 atom stereocenters. The first-order valence-electron chi connectivity index (χ1n) is 10.6. The second kappa shape index (κ2) is 10.8. The van der Waals surface area contributed by atoms with Gasteiger partial charge in [0.15, 0.2) is 11.5 Å². The predicted molar refractivity (Wildman–Crippen MR) is 134 cm³/mol. The number of benzene rings is 1. The number of carbonyl (C=O) groups is 1. The van der Waals surface area contributed by atoms with E-state index in [1.54, 1.807) is 6.26 Å². The largest absolute Gasteiger partial charge is 0.480 e. The third kappa shape index (κ3) is 5.65. The molecule has 0 saturated carbocycles. The minimum atomic E-state index is -4.69. The molecular weight excluding hydrogens is 550 g/mol. The van der Waals surface area contributed by atoms with Crippen molar-refractivity contribution in [1.82, 2.24) is 29.5 Å². The van der Waals surface area contributed by atoms with Crippen LogP contribution in [0.5, 0.6) is 5.88 Å². The maximum Gasteiger partial charge on any atom is 0.435 e. The quantitative estimate of drug-likeness (QED) is 0.219. The van der Waals surface area contributed by atoms with Crippen molar-refractivity contribution in [2.45, 2.75) is 13.1 Å². The molecule has 198 valence electrons. The van der Waals surface area contributed by atoms with Gasteiger partial charge in [-0.2, -0.15) is 23.3 Å². The third-order valence-electron chi connectivity index (χ3n) is 5.12. The molecule has 3 aromatic heterocycles. The van der Waals surface area contributed by atoms with Crippen LogP contribution in [0.2, 0.25) is 5.02 Å². The van der Waals surface area contributed by atoms with Crippen molar-refractivity contribution in [2.24, 2.45) is 0 Å². The highest BCUT2D eigenvalue weighted by Gasteiger charge is 2.35. The summed E-state index contributed by atoms with van der Waals surface area (Å²) in [6.07, 6.45) is -0.330. The van der Waals surface area contributed by atoms with E-state index in [9.17, 15) is 22.4 Å². The summed E-state index contributed by atoms with van der Waals surface area (Å²) in [5.41, 5.74) is -0.0259. The van der Waals surface area contributed by atoms with Crippen LogP contribution >= 0.6 is 23.5 Å². The van der Waals surface area contributed by atoms with Crippen molar-refractivity contribution < 1.29 is 27.1 Å². The first-order valence-corrected chi connectivity index (χ1v) is 12.2. The van der Waals surface area contributed by atoms with Gasteiger partial charge in [0.25, 0.3) is 5.91 Å². The van der Waals surface area contributed by atoms with E-state index >= 15 is 0 Å². The Hall–Kier alpha value is -3.91. The molecule has 4 aromatic rings. The lowest BCUT2D eigenvalue weighted by molar-refractivity contribution is -0.141. The maximum absolute atomic E-state index is 13.6. The molecule has 1 aromatic carbocycles. The van der Waals surface area contributed by atoms with Gasteiger partial charge in [-0.1, -0.05) is 23.5 Å². The average Bonchev–Trinajstić information content (AvgIpc) is 3.28. The van der Waals surface area contributed by atoms with E-state index in [2.05, 4.69) is 30.1 Å². The normalized spacial score (nSPS) is 11.4. The van der Waals surface area contributed by atoms with Gasteiger partial charge in [-0.05, 0) is 37.3 Å². The number of hydrogen-bond acceptors (Lipinski definition) is 8. The minimum Gasteiger partial charge on any atom is -0.480 e. The van der Waals surface area contributed by atoms with Crippen LogP contribution in [0.1, 0.15) is 21.7 Å². The fourth-order valence-electron chi connectivity index (χ4n) is 3.40. The summed E-state index contributed by atoms with van der Waals surface area (Å²) in [6, 6.07) is 6.16. The standard InChI is InChI=1S/C23H18ClF4N7O2S/c1-11-6-18(23(26,27)28)33-35(11)19-15(12-7-14(20(36)34-38-3)21(37-2)29-9-12)10-30-22(32-19)31-13-4-5-17(25)16(24)8-13/h4-10H,1-3H3,(H,34,36)(H,30,31,32). The number of aryl methyl sites for hydroxylation is 1. The Labute approximate surface area is 222 Å². The Morgan fingerprint density at radius 3 is 2.55 bits per heavy atom. The summed E-state index contributed by atoms with van der Waals surface area (Å²) in [4.78, 5) is 25.4. The van der Waals surface area contributed by atoms with Gasteiger partial charge in [0, 0.05) is 41.2 Å². The molecule has 2 N–H and O–H groups in total. The number of carbonyl (C=O) groups excluding carboxylic acids is 1. The zero-order chi connectivity index (χ0) is 27.6. The smallest absolute Gasteiger partial charge is 0.435 e. The number of halogens is 5. The minimum absolute atomic E-state index is 0.0308. The molecule has 0 aliphatic rings. The van der Waals surface area contributed by atoms with Gasteiger partial charge < -0.3 is 10.1 Å². The Morgan fingerprint density at radius 1 is 1.16 bits per heavy atom. The summed E-state index contributed by atoms with van der Waals surface area (Å²) in [5, 5.41) is 6.40. The first-order chi connectivity index (χ1) is 18.0. The lowest BCUT2D eigenvalue weighted by Crippen LogP contribution is -2.17. The van der Waals surface area contributed by atoms with Gasteiger partial charge in [0.05, 0.1) is 12.1 Å². The molecule has 0 aliphatic heterocycles. The van der Waals surface area contributed by atoms with Crippen LogP contribution < -0.4 is 14.8 Å². The number of aromatic nitrogens is 5. The van der Waals surface area contributed by atoms with Crippen molar-refractivity contribution in [1.29, 1.82) is 0 Å². The number of nitrogens with one attached hydrogen (secondary N) is 2. The molecule has 15 heteroatoms. The van der Waals surface area contributed by atoms with Crippen molar-refractivity contribution in [3.05, 3.63) is 70.5 Å². The molecule has 3 heterocycles. The van der Waals surface area contributed by atoms with E-state index in [1.165, 1.54) is 44.6 Å². The van der Waals surface area contributed by atoms with E-state index in [0.29, 0.717) is 11.3 Å². The van der Waals surface area contributed by atoms with Gasteiger partial charge in [-0.25, -0.2) is 19.0 Å². The zero-order valence-electron chi connectivity index (χ0n) is 19.9. The van der Waals surface area contributed by atoms with Gasteiger partial charge in [-0.15, -0.1) is 0 Å². The van der Waals surface area contributed by atoms with Gasteiger partial charge in [-0.3, -0.25) is 9.52 Å². The zero-order valence-corrected chi connectivity index (χ0v) is 21.5. The molecule has 1 amide bonds. The molecule has 9 nitrogen and oxygen atoms in total. The van der Waals surface area contributed by atoms with Gasteiger partial charge in [0.1, 0.15) is 11.4 Å². The lowest BCUT2D eigenvalue weighted by atomic mass is 10.1. The van der Waals surface area contributed by atoms with Crippen LogP contribution in [0.3, 0.4) is 0 Å². The van der Waals surface area contributed by atoms with Crippen LogP contribution in [0.15, 0.2) is 42.7 Å². The summed E-state index contributed by atoms with van der Waals surface area (Å²) in [6.45, 7) is 1.44. The maximum atomic E-state index is 13.6. The Bertz CT molecular complexity index is 1510. The second-order valence-corrected chi connectivity index (χ2v) is 8.70. The van der Waals surface area contributed by atoms with Crippen LogP contribution in [0, 0.1) is 12.7 Å². The monoisotopic (exact) mass is 567 g/mol. The summed E-state index contributed by atoms with van der Waals surface area (Å²) >= 11 is 6.91. The van der Waals surface area contributed by atoms with Gasteiger partial charge >= 0.3 is 6.18 Å². The number of ether oxygens (including phenoxy) is 1. The fourth-order valence-corrected chi connectivity index (χ4v) is 3.88. The van der Waals surface area contributed by atoms with Crippen LogP contribution in [0.25, 0.3) is 16.9 Å². The highest BCUT2D eigenvalue weighted by atomic mass is 35.5. The van der Waals surface area contributed by atoms with E-state index < -0.39 is 23.6 Å². The average molecular weight is 568 g/mol. The van der Waals surface area contributed by atoms with Crippen LogP contribution in [-0.2, 0) is 6.18 Å². The number of pyridine rings is 1. The molecule has 0 aliphatic carbocycles. The number of rotatable bonds is 7. The molecule has 0 bridgehead atoms. The van der Waals surface area contributed by atoms with Crippen LogP contribution in [0.4, 0.5) is 29.2 Å². The van der Waals surface area contributed by atoms with E-state index in [-0.39, 0.29) is 39.5 Å². The lowest BCUT2D eigenvalue weighted by Gasteiger charge is -2.14. The number of alkyl halides is 3. The molecule has 38 heavy (non-hydrogen) atoms. The third-order valence-corrected chi connectivity index (χ3v) is 5.80. The molecule has 0 fully saturated rings. The Kier molecular flexibility index (Phi) is 7.73. The molecular formula is C23H18ClF4N7O2S. The number of hydrogen-bond donors (Lipinski definition) is 2. The molecule has 4 rings (SSSR count). The summed E-state index contributed by atoms with van der Waals surface area (Å²) in [5.74, 6) is -1.14. The highest BCUT2D eigenvalue weighted by Crippen LogP contribution is 2.33. The second-order valence-electron chi connectivity index (χ2n) is 7.68. The summed E-state index contributed by atoms with van der Waals surface area (Å²) < 4.78 is 62.6. The van der Waals surface area contributed by atoms with Crippen molar-refractivity contribution >= 4 is 41.1 Å². The van der Waals surface area contributed by atoms with E-state index in [4.69, 9.17) is 16.3 Å². The molecule has 0 radical (unpaired) electrons. The van der Waals surface area contributed by atoms with E-state index in [0.717, 1.165) is 28.8 Å². The van der Waals surface area contributed by atoms with Crippen molar-refractivity contribution in [3.63, 3.8) is 0 Å². The topological polar surface area (TPSA) is 107 Å². The predicted octanol–water partition coefficient (Wildman–Crippen LogP) is 5.60. The van der Waals surface area contributed by atoms with Crippen molar-refractivity contribution in [2.75, 3.05) is 18.7 Å². The fraction of sp³-hybridized carbons (Fsp3) is 0.174. The number of nitrogens with zero attached hydrogens (tertiary/aromatic N) is 5. The highest BCUT2D eigenvalue weighted by molar-refractivity contribution is 7.97. The molecule has 0 unspecified atom stereocenters. The number of methoxy groups -OCH3 is 1. The summed E-state index contributed by atoms with van der Waals surface area (Å²) in [7, 11) is 1.35. The van der Waals surface area contributed by atoms with Crippen molar-refractivity contribution in [3.8, 4) is 22.8 Å². The van der Waals surface area contributed by atoms with E-state index in [1.807, 2.05) is 0 Å². The number of anilines is 2. The first kappa shape index (κ1) is 27.1. The molecule has 0 spiro atoms. The number of amides is 1.